The second kappa shape index (κ2) is 4.29. The van der Waals surface area contributed by atoms with Crippen molar-refractivity contribution in [2.75, 3.05) is 0 Å². The summed E-state index contributed by atoms with van der Waals surface area (Å²) in [5, 5.41) is 9.22. The lowest BCUT2D eigenvalue weighted by molar-refractivity contribution is 0.00578. The lowest BCUT2D eigenvalue weighted by Gasteiger charge is -2.32. The molecule has 1 fully saturated rings. The van der Waals surface area contributed by atoms with Crippen LogP contribution in [0.1, 0.15) is 33.4 Å². The molecule has 0 atom stereocenters. The minimum Gasteiger partial charge on any atom is -0.399 e. The Bertz CT molecular complexity index is 449. The summed E-state index contributed by atoms with van der Waals surface area (Å²) in [5.41, 5.74) is -0.675. The first-order valence-corrected chi connectivity index (χ1v) is 5.88. The Morgan fingerprint density at radius 2 is 1.83 bits per heavy atom. The molecule has 98 valence electrons. The van der Waals surface area contributed by atoms with Crippen LogP contribution >= 0.6 is 0 Å². The van der Waals surface area contributed by atoms with Crippen LogP contribution in [0.25, 0.3) is 0 Å². The summed E-state index contributed by atoms with van der Waals surface area (Å²) >= 11 is 0. The SMILES string of the molecule is CC1(C)OB(c2c(F)ccnc2CO)OC1(C)C. The molecular formula is C12H17BFNO3. The molecule has 4 nitrogen and oxygen atoms in total. The minimum atomic E-state index is -0.842. The molecule has 1 aliphatic heterocycles. The summed E-state index contributed by atoms with van der Waals surface area (Å²) in [5.74, 6) is -0.479. The molecule has 0 aromatic carbocycles. The molecule has 1 N–H and O–H groups in total. The van der Waals surface area contributed by atoms with Gasteiger partial charge in [-0.2, -0.15) is 0 Å². The zero-order chi connectivity index (χ0) is 13.6. The number of aliphatic hydroxyl groups is 1. The number of rotatable bonds is 2. The van der Waals surface area contributed by atoms with Gasteiger partial charge in [-0.3, -0.25) is 4.98 Å². The number of halogens is 1. The third-order valence-electron chi connectivity index (χ3n) is 3.66. The maximum atomic E-state index is 13.9. The smallest absolute Gasteiger partial charge is 0.399 e. The highest BCUT2D eigenvalue weighted by Crippen LogP contribution is 2.36. The number of nitrogens with zero attached hydrogens (tertiary/aromatic N) is 1. The van der Waals surface area contributed by atoms with Crippen LogP contribution < -0.4 is 5.46 Å². The van der Waals surface area contributed by atoms with Gasteiger partial charge in [0.2, 0.25) is 0 Å². The van der Waals surface area contributed by atoms with E-state index in [4.69, 9.17) is 9.31 Å². The van der Waals surface area contributed by atoms with Crippen molar-refractivity contribution in [2.45, 2.75) is 45.5 Å². The molecule has 1 aliphatic rings. The molecule has 2 heterocycles. The third-order valence-corrected chi connectivity index (χ3v) is 3.66. The van der Waals surface area contributed by atoms with Gasteiger partial charge in [-0.15, -0.1) is 0 Å². The Morgan fingerprint density at radius 1 is 1.28 bits per heavy atom. The van der Waals surface area contributed by atoms with Crippen LogP contribution in [0.15, 0.2) is 12.3 Å². The van der Waals surface area contributed by atoms with Crippen molar-refractivity contribution in [3.8, 4) is 0 Å². The number of pyridine rings is 1. The Kier molecular flexibility index (Phi) is 3.21. The van der Waals surface area contributed by atoms with Crippen LogP contribution in [-0.4, -0.2) is 28.4 Å². The highest BCUT2D eigenvalue weighted by atomic mass is 19.1. The van der Waals surface area contributed by atoms with Crippen molar-refractivity contribution in [1.82, 2.24) is 4.98 Å². The van der Waals surface area contributed by atoms with Crippen LogP contribution in [-0.2, 0) is 15.9 Å². The number of aliphatic hydroxyl groups excluding tert-OH is 1. The maximum Gasteiger partial charge on any atom is 0.499 e. The molecule has 18 heavy (non-hydrogen) atoms. The number of aromatic nitrogens is 1. The first kappa shape index (κ1) is 13.5. The summed E-state index contributed by atoms with van der Waals surface area (Å²) in [6.07, 6.45) is 1.32. The highest BCUT2D eigenvalue weighted by Gasteiger charge is 2.53. The van der Waals surface area contributed by atoms with Crippen molar-refractivity contribution in [3.05, 3.63) is 23.8 Å². The first-order chi connectivity index (χ1) is 8.28. The van der Waals surface area contributed by atoms with Gasteiger partial charge in [-0.05, 0) is 33.8 Å². The maximum absolute atomic E-state index is 13.9. The fraction of sp³-hybridized carbons (Fsp3) is 0.583. The average Bonchev–Trinajstić information content (AvgIpc) is 2.47. The predicted octanol–water partition coefficient (Wildman–Crippen LogP) is 1.01. The summed E-state index contributed by atoms with van der Waals surface area (Å²) in [6, 6.07) is 1.24. The third kappa shape index (κ3) is 2.04. The highest BCUT2D eigenvalue weighted by molar-refractivity contribution is 6.62. The topological polar surface area (TPSA) is 51.6 Å². The lowest BCUT2D eigenvalue weighted by Crippen LogP contribution is -2.41. The van der Waals surface area contributed by atoms with Gasteiger partial charge in [0.25, 0.3) is 0 Å². The molecule has 1 saturated heterocycles. The largest absolute Gasteiger partial charge is 0.499 e. The summed E-state index contributed by atoms with van der Waals surface area (Å²) in [6.45, 7) is 7.21. The predicted molar refractivity (Wildman–Crippen MR) is 65.8 cm³/mol. The normalized spacial score (nSPS) is 21.3. The van der Waals surface area contributed by atoms with Gasteiger partial charge in [0.15, 0.2) is 0 Å². The van der Waals surface area contributed by atoms with E-state index >= 15 is 0 Å². The molecule has 2 rings (SSSR count). The van der Waals surface area contributed by atoms with Crippen molar-refractivity contribution < 1.29 is 18.8 Å². The zero-order valence-electron chi connectivity index (χ0n) is 11.0. The summed E-state index contributed by atoms with van der Waals surface area (Å²) < 4.78 is 25.4. The van der Waals surface area contributed by atoms with Gasteiger partial charge in [0, 0.05) is 11.7 Å². The number of hydrogen-bond acceptors (Lipinski definition) is 4. The Labute approximate surface area is 106 Å². The lowest BCUT2D eigenvalue weighted by atomic mass is 9.77. The van der Waals surface area contributed by atoms with Crippen LogP contribution in [0.2, 0.25) is 0 Å². The zero-order valence-corrected chi connectivity index (χ0v) is 11.0. The molecule has 0 spiro atoms. The van der Waals surface area contributed by atoms with E-state index in [1.807, 2.05) is 27.7 Å². The van der Waals surface area contributed by atoms with E-state index in [0.29, 0.717) is 0 Å². The molecule has 0 unspecified atom stereocenters. The van der Waals surface area contributed by atoms with Crippen LogP contribution in [0.5, 0.6) is 0 Å². The molecule has 0 saturated carbocycles. The Morgan fingerprint density at radius 3 is 2.33 bits per heavy atom. The van der Waals surface area contributed by atoms with Gasteiger partial charge >= 0.3 is 7.12 Å². The molecule has 0 amide bonds. The fourth-order valence-electron chi connectivity index (χ4n) is 1.83. The van der Waals surface area contributed by atoms with E-state index in [1.165, 1.54) is 12.3 Å². The quantitative estimate of drug-likeness (QED) is 0.799. The van der Waals surface area contributed by atoms with Gasteiger partial charge in [0.05, 0.1) is 23.5 Å². The van der Waals surface area contributed by atoms with Crippen molar-refractivity contribution >= 4 is 12.6 Å². The van der Waals surface area contributed by atoms with E-state index in [-0.39, 0.29) is 17.8 Å². The standard InChI is InChI=1S/C12H17BFNO3/c1-11(2)12(3,4)18-13(17-11)10-8(14)5-6-15-9(10)7-16/h5-6,16H,7H2,1-4H3. The van der Waals surface area contributed by atoms with Gasteiger partial charge in [-0.25, -0.2) is 4.39 Å². The second-order valence-corrected chi connectivity index (χ2v) is 5.40. The molecule has 0 bridgehead atoms. The van der Waals surface area contributed by atoms with Gasteiger partial charge in [-0.1, -0.05) is 0 Å². The fourth-order valence-corrected chi connectivity index (χ4v) is 1.83. The monoisotopic (exact) mass is 253 g/mol. The van der Waals surface area contributed by atoms with Crippen LogP contribution in [0.3, 0.4) is 0 Å². The molecule has 0 radical (unpaired) electrons. The summed E-state index contributed by atoms with van der Waals surface area (Å²) in [4.78, 5) is 3.95. The van der Waals surface area contributed by atoms with E-state index < -0.39 is 24.1 Å². The average molecular weight is 253 g/mol. The first-order valence-electron chi connectivity index (χ1n) is 5.88. The van der Waals surface area contributed by atoms with Crippen molar-refractivity contribution in [1.29, 1.82) is 0 Å². The van der Waals surface area contributed by atoms with E-state index in [1.54, 1.807) is 0 Å². The molecule has 1 aromatic rings. The van der Waals surface area contributed by atoms with Crippen LogP contribution in [0.4, 0.5) is 4.39 Å². The molecule has 0 aliphatic carbocycles. The molecular weight excluding hydrogens is 236 g/mol. The van der Waals surface area contributed by atoms with Crippen molar-refractivity contribution in [3.63, 3.8) is 0 Å². The molecule has 1 aromatic heterocycles. The number of hydrogen-bond donors (Lipinski definition) is 1. The molecule has 6 heteroatoms. The van der Waals surface area contributed by atoms with Gasteiger partial charge in [0.1, 0.15) is 5.82 Å². The summed E-state index contributed by atoms with van der Waals surface area (Å²) in [7, 11) is -0.842. The minimum absolute atomic E-state index is 0.179. The van der Waals surface area contributed by atoms with E-state index in [2.05, 4.69) is 4.98 Å². The Balaban J connectivity index is 2.41. The van der Waals surface area contributed by atoms with E-state index in [0.717, 1.165) is 0 Å². The van der Waals surface area contributed by atoms with Gasteiger partial charge < -0.3 is 14.4 Å². The van der Waals surface area contributed by atoms with E-state index in [9.17, 15) is 9.50 Å². The second-order valence-electron chi connectivity index (χ2n) is 5.40. The van der Waals surface area contributed by atoms with Crippen molar-refractivity contribution in [2.24, 2.45) is 0 Å². The van der Waals surface area contributed by atoms with Crippen LogP contribution in [0, 0.1) is 5.82 Å². The Hall–Kier alpha value is -0.975.